The predicted molar refractivity (Wildman–Crippen MR) is 53.8 cm³/mol. The van der Waals surface area contributed by atoms with E-state index >= 15 is 0 Å². The number of rotatable bonds is 2. The summed E-state index contributed by atoms with van der Waals surface area (Å²) in [5.41, 5.74) is 0.123. The van der Waals surface area contributed by atoms with Crippen LogP contribution in [0.25, 0.3) is 0 Å². The zero-order valence-corrected chi connectivity index (χ0v) is 9.59. The second-order valence-electron chi connectivity index (χ2n) is 2.60. The SMILES string of the molecule is Cc1nc(C=O)c(I)cc1OC(F)(F)F. The number of hydrogen-bond acceptors (Lipinski definition) is 3. The number of aldehydes is 1. The van der Waals surface area contributed by atoms with Crippen LogP contribution in [0.5, 0.6) is 5.75 Å². The number of aromatic nitrogens is 1. The minimum absolute atomic E-state index is 0.0230. The van der Waals surface area contributed by atoms with Crippen LogP contribution in [0.15, 0.2) is 6.07 Å². The van der Waals surface area contributed by atoms with Gasteiger partial charge in [0.25, 0.3) is 0 Å². The highest BCUT2D eigenvalue weighted by molar-refractivity contribution is 14.1. The van der Waals surface area contributed by atoms with E-state index in [0.29, 0.717) is 9.86 Å². The van der Waals surface area contributed by atoms with E-state index in [0.717, 1.165) is 6.07 Å². The molecule has 0 saturated carbocycles. The van der Waals surface area contributed by atoms with Crippen molar-refractivity contribution in [2.75, 3.05) is 0 Å². The molecule has 82 valence electrons. The first-order chi connectivity index (χ1) is 6.83. The average molecular weight is 331 g/mol. The topological polar surface area (TPSA) is 39.2 Å². The molecule has 0 fully saturated rings. The van der Waals surface area contributed by atoms with E-state index in [2.05, 4.69) is 9.72 Å². The molecule has 0 bridgehead atoms. The first-order valence-electron chi connectivity index (χ1n) is 3.71. The third-order valence-corrected chi connectivity index (χ3v) is 2.35. The lowest BCUT2D eigenvalue weighted by atomic mass is 10.3. The molecule has 15 heavy (non-hydrogen) atoms. The van der Waals surface area contributed by atoms with Crippen LogP contribution in [-0.4, -0.2) is 17.6 Å². The van der Waals surface area contributed by atoms with Crippen LogP contribution in [0.2, 0.25) is 0 Å². The van der Waals surface area contributed by atoms with Crippen molar-refractivity contribution >= 4 is 28.9 Å². The van der Waals surface area contributed by atoms with E-state index in [1.54, 1.807) is 22.6 Å². The largest absolute Gasteiger partial charge is 0.573 e. The number of hydrogen-bond donors (Lipinski definition) is 0. The van der Waals surface area contributed by atoms with Gasteiger partial charge in [0.15, 0.2) is 12.0 Å². The second-order valence-corrected chi connectivity index (χ2v) is 3.77. The summed E-state index contributed by atoms with van der Waals surface area (Å²) in [6.45, 7) is 1.34. The Morgan fingerprint density at radius 1 is 1.53 bits per heavy atom. The summed E-state index contributed by atoms with van der Waals surface area (Å²) >= 11 is 1.71. The van der Waals surface area contributed by atoms with Crippen molar-refractivity contribution < 1.29 is 22.7 Å². The molecule has 0 spiro atoms. The summed E-state index contributed by atoms with van der Waals surface area (Å²) < 4.78 is 39.8. The molecule has 1 aromatic rings. The fraction of sp³-hybridized carbons (Fsp3) is 0.250. The standard InChI is InChI=1S/C8H5F3INO2/c1-4-7(15-8(9,10)11)2-5(12)6(3-14)13-4/h2-3H,1H3. The number of carbonyl (C=O) groups excluding carboxylic acids is 1. The number of halogens is 4. The molecule has 0 N–H and O–H groups in total. The van der Waals surface area contributed by atoms with E-state index in [1.165, 1.54) is 6.92 Å². The molecular formula is C8H5F3INO2. The van der Waals surface area contributed by atoms with Crippen molar-refractivity contribution in [2.45, 2.75) is 13.3 Å². The van der Waals surface area contributed by atoms with E-state index in [4.69, 9.17) is 0 Å². The van der Waals surface area contributed by atoms with Gasteiger partial charge in [-0.2, -0.15) is 0 Å². The van der Waals surface area contributed by atoms with Crippen molar-refractivity contribution in [3.05, 3.63) is 21.0 Å². The molecule has 3 nitrogen and oxygen atoms in total. The summed E-state index contributed by atoms with van der Waals surface area (Å²) in [6.07, 6.45) is -4.27. The molecule has 0 saturated heterocycles. The van der Waals surface area contributed by atoms with Gasteiger partial charge in [-0.15, -0.1) is 13.2 Å². The van der Waals surface area contributed by atoms with Crippen LogP contribution >= 0.6 is 22.6 Å². The van der Waals surface area contributed by atoms with Gasteiger partial charge in [0.1, 0.15) is 5.69 Å². The average Bonchev–Trinajstić information content (AvgIpc) is 2.08. The number of ether oxygens (including phenoxy) is 1. The summed E-state index contributed by atoms with van der Waals surface area (Å²) in [6, 6.07) is 1.13. The molecule has 0 aliphatic carbocycles. The number of pyridine rings is 1. The molecule has 0 aromatic carbocycles. The van der Waals surface area contributed by atoms with Gasteiger partial charge in [-0.25, -0.2) is 4.98 Å². The lowest BCUT2D eigenvalue weighted by Crippen LogP contribution is -2.18. The third-order valence-electron chi connectivity index (χ3n) is 1.48. The third kappa shape index (κ3) is 3.33. The Labute approximate surface area is 96.8 Å². The molecule has 0 radical (unpaired) electrons. The molecule has 0 aliphatic rings. The van der Waals surface area contributed by atoms with Gasteiger partial charge in [0.05, 0.1) is 5.69 Å². The van der Waals surface area contributed by atoms with Crippen LogP contribution in [0.3, 0.4) is 0 Å². The summed E-state index contributed by atoms with van der Waals surface area (Å²) in [7, 11) is 0. The predicted octanol–water partition coefficient (Wildman–Crippen LogP) is 2.71. The van der Waals surface area contributed by atoms with Crippen molar-refractivity contribution in [1.29, 1.82) is 0 Å². The zero-order chi connectivity index (χ0) is 11.6. The molecule has 1 rings (SSSR count). The molecule has 1 aromatic heterocycles. The van der Waals surface area contributed by atoms with Crippen LogP contribution in [0, 0.1) is 10.5 Å². The first kappa shape index (κ1) is 12.2. The molecule has 0 atom stereocenters. The Morgan fingerprint density at radius 2 is 2.13 bits per heavy atom. The second kappa shape index (κ2) is 4.33. The Kier molecular flexibility index (Phi) is 3.53. The Bertz CT molecular complexity index is 392. The van der Waals surface area contributed by atoms with E-state index < -0.39 is 12.1 Å². The van der Waals surface area contributed by atoms with Crippen molar-refractivity contribution in [3.63, 3.8) is 0 Å². The van der Waals surface area contributed by atoms with Gasteiger partial charge in [-0.05, 0) is 35.6 Å². The van der Waals surface area contributed by atoms with Crippen LogP contribution in [0.4, 0.5) is 13.2 Å². The fourth-order valence-electron chi connectivity index (χ4n) is 0.893. The van der Waals surface area contributed by atoms with Gasteiger partial charge in [-0.3, -0.25) is 4.79 Å². The Morgan fingerprint density at radius 3 is 2.60 bits per heavy atom. The van der Waals surface area contributed by atoms with E-state index in [-0.39, 0.29) is 11.4 Å². The summed E-state index contributed by atoms with van der Waals surface area (Å²) in [5.74, 6) is -0.391. The summed E-state index contributed by atoms with van der Waals surface area (Å²) in [5, 5.41) is 0. The maximum absolute atomic E-state index is 11.9. The monoisotopic (exact) mass is 331 g/mol. The number of alkyl halides is 3. The maximum Gasteiger partial charge on any atom is 0.573 e. The minimum atomic E-state index is -4.75. The molecule has 0 amide bonds. The van der Waals surface area contributed by atoms with E-state index in [9.17, 15) is 18.0 Å². The van der Waals surface area contributed by atoms with E-state index in [1.807, 2.05) is 0 Å². The minimum Gasteiger partial charge on any atom is -0.404 e. The number of carbonyl (C=O) groups is 1. The van der Waals surface area contributed by atoms with Gasteiger partial charge in [0, 0.05) is 3.57 Å². The smallest absolute Gasteiger partial charge is 0.404 e. The van der Waals surface area contributed by atoms with Crippen LogP contribution in [0.1, 0.15) is 16.2 Å². The van der Waals surface area contributed by atoms with Gasteiger partial charge < -0.3 is 4.74 Å². The van der Waals surface area contributed by atoms with Gasteiger partial charge in [0.2, 0.25) is 0 Å². The van der Waals surface area contributed by atoms with Gasteiger partial charge in [-0.1, -0.05) is 0 Å². The molecular weight excluding hydrogens is 326 g/mol. The first-order valence-corrected chi connectivity index (χ1v) is 4.79. The maximum atomic E-state index is 11.9. The number of nitrogens with zero attached hydrogens (tertiary/aromatic N) is 1. The highest BCUT2D eigenvalue weighted by Gasteiger charge is 2.32. The molecule has 7 heteroatoms. The van der Waals surface area contributed by atoms with Crippen molar-refractivity contribution in [2.24, 2.45) is 0 Å². The Hall–Kier alpha value is -0.860. The molecule has 1 heterocycles. The van der Waals surface area contributed by atoms with Crippen LogP contribution in [-0.2, 0) is 0 Å². The van der Waals surface area contributed by atoms with Crippen molar-refractivity contribution in [3.8, 4) is 5.75 Å². The molecule has 0 aliphatic heterocycles. The van der Waals surface area contributed by atoms with Crippen LogP contribution < -0.4 is 4.74 Å². The number of aryl methyl sites for hydroxylation is 1. The van der Waals surface area contributed by atoms with Gasteiger partial charge >= 0.3 is 6.36 Å². The lowest BCUT2D eigenvalue weighted by Gasteiger charge is -2.11. The quantitative estimate of drug-likeness (QED) is 0.618. The highest BCUT2D eigenvalue weighted by Crippen LogP contribution is 2.27. The zero-order valence-electron chi connectivity index (χ0n) is 7.43. The lowest BCUT2D eigenvalue weighted by molar-refractivity contribution is -0.275. The van der Waals surface area contributed by atoms with Crippen molar-refractivity contribution in [1.82, 2.24) is 4.98 Å². The normalized spacial score (nSPS) is 11.3. The fourth-order valence-corrected chi connectivity index (χ4v) is 1.42. The Balaban J connectivity index is 3.11. The summed E-state index contributed by atoms with van der Waals surface area (Å²) in [4.78, 5) is 14.1. The molecule has 0 unspecified atom stereocenters. The highest BCUT2D eigenvalue weighted by atomic mass is 127.